The second-order valence-electron chi connectivity index (χ2n) is 12.7. The number of nitrogens with zero attached hydrogens (tertiary/aromatic N) is 7. The number of amides is 1. The SMILES string of the molecule is Cc1nc(N2CCc3c(c(C)nn3CC34CCC(NC(=O)[C@@H]5CNCCO5)(CC3)CC4)C2)c2c(n1)c(C)nn2C. The summed E-state index contributed by atoms with van der Waals surface area (Å²) in [5.74, 6) is 1.80. The fourth-order valence-electron chi connectivity index (χ4n) is 7.70. The Balaban J connectivity index is 1.07. The topological polar surface area (TPSA) is 115 Å². The average molecular weight is 548 g/mol. The van der Waals surface area contributed by atoms with Crippen LogP contribution in [0.3, 0.4) is 0 Å². The van der Waals surface area contributed by atoms with Crippen molar-refractivity contribution in [2.75, 3.05) is 31.1 Å². The molecule has 11 heteroatoms. The summed E-state index contributed by atoms with van der Waals surface area (Å²) in [5, 5.41) is 16.4. The predicted octanol–water partition coefficient (Wildman–Crippen LogP) is 2.25. The van der Waals surface area contributed by atoms with Crippen molar-refractivity contribution in [2.45, 2.75) is 90.4 Å². The van der Waals surface area contributed by atoms with E-state index in [2.05, 4.69) is 37.2 Å². The minimum Gasteiger partial charge on any atom is -0.366 e. The molecule has 5 aliphatic rings. The van der Waals surface area contributed by atoms with Crippen molar-refractivity contribution in [3.63, 3.8) is 0 Å². The Labute approximate surface area is 235 Å². The maximum absolute atomic E-state index is 12.9. The van der Waals surface area contributed by atoms with E-state index in [0.29, 0.717) is 13.2 Å². The highest BCUT2D eigenvalue weighted by Gasteiger charge is 2.50. The fraction of sp³-hybridized carbons (Fsp3) is 0.690. The number of carbonyl (C=O) groups excluding carboxylic acids is 1. The summed E-state index contributed by atoms with van der Waals surface area (Å²) in [6.07, 6.45) is 7.12. The lowest BCUT2D eigenvalue weighted by Gasteiger charge is -2.54. The van der Waals surface area contributed by atoms with Crippen molar-refractivity contribution in [2.24, 2.45) is 12.5 Å². The number of hydrogen-bond acceptors (Lipinski definition) is 8. The van der Waals surface area contributed by atoms with Gasteiger partial charge in [-0.3, -0.25) is 14.2 Å². The molecule has 0 radical (unpaired) electrons. The highest BCUT2D eigenvalue weighted by molar-refractivity contribution is 5.88. The van der Waals surface area contributed by atoms with Gasteiger partial charge in [0.25, 0.3) is 5.91 Å². The molecule has 4 fully saturated rings. The molecule has 2 N–H and O–H groups in total. The van der Waals surface area contributed by atoms with E-state index in [0.717, 1.165) is 105 Å². The number of aromatic nitrogens is 6. The lowest BCUT2D eigenvalue weighted by molar-refractivity contribution is -0.138. The van der Waals surface area contributed by atoms with Gasteiger partial charge in [-0.05, 0) is 64.7 Å². The van der Waals surface area contributed by atoms with Gasteiger partial charge < -0.3 is 20.3 Å². The van der Waals surface area contributed by atoms with Gasteiger partial charge in [0.1, 0.15) is 23.0 Å². The van der Waals surface area contributed by atoms with Crippen molar-refractivity contribution in [3.05, 3.63) is 28.5 Å². The number of fused-ring (bicyclic) bond motifs is 5. The number of morpholine rings is 1. The van der Waals surface area contributed by atoms with Gasteiger partial charge in [0, 0.05) is 63.0 Å². The van der Waals surface area contributed by atoms with Gasteiger partial charge in [-0.2, -0.15) is 10.2 Å². The molecule has 5 heterocycles. The zero-order valence-electron chi connectivity index (χ0n) is 24.2. The molecule has 0 unspecified atom stereocenters. The van der Waals surface area contributed by atoms with E-state index in [1.165, 1.54) is 11.3 Å². The smallest absolute Gasteiger partial charge is 0.250 e. The highest BCUT2D eigenvalue weighted by Crippen LogP contribution is 2.53. The van der Waals surface area contributed by atoms with E-state index >= 15 is 0 Å². The van der Waals surface area contributed by atoms with Crippen LogP contribution in [-0.2, 0) is 36.1 Å². The van der Waals surface area contributed by atoms with Gasteiger partial charge in [0.15, 0.2) is 5.82 Å². The summed E-state index contributed by atoms with van der Waals surface area (Å²) in [7, 11) is 1.98. The van der Waals surface area contributed by atoms with Crippen LogP contribution in [0.1, 0.15) is 67.0 Å². The molecule has 1 atom stereocenters. The van der Waals surface area contributed by atoms with Crippen molar-refractivity contribution in [3.8, 4) is 0 Å². The molecule has 3 aliphatic carbocycles. The van der Waals surface area contributed by atoms with Gasteiger partial charge in [0.05, 0.1) is 18.0 Å². The monoisotopic (exact) mass is 547 g/mol. The van der Waals surface area contributed by atoms with Crippen molar-refractivity contribution in [1.82, 2.24) is 40.2 Å². The van der Waals surface area contributed by atoms with Gasteiger partial charge >= 0.3 is 0 Å². The minimum atomic E-state index is -0.362. The van der Waals surface area contributed by atoms with Gasteiger partial charge in [0.2, 0.25) is 0 Å². The van der Waals surface area contributed by atoms with Gasteiger partial charge in [-0.25, -0.2) is 9.97 Å². The van der Waals surface area contributed by atoms with Crippen LogP contribution >= 0.6 is 0 Å². The molecule has 3 aromatic heterocycles. The van der Waals surface area contributed by atoms with E-state index in [1.54, 1.807) is 0 Å². The second kappa shape index (κ2) is 9.51. The molecule has 11 nitrogen and oxygen atoms in total. The van der Waals surface area contributed by atoms with Crippen LogP contribution in [0.5, 0.6) is 0 Å². The maximum Gasteiger partial charge on any atom is 0.250 e. The number of carbonyl (C=O) groups is 1. The number of nitrogens with one attached hydrogen (secondary N) is 2. The summed E-state index contributed by atoms with van der Waals surface area (Å²) in [4.78, 5) is 24.8. The fourth-order valence-corrected chi connectivity index (χ4v) is 7.70. The average Bonchev–Trinajstić information content (AvgIpc) is 3.43. The van der Waals surface area contributed by atoms with Crippen molar-refractivity contribution < 1.29 is 9.53 Å². The molecular weight excluding hydrogens is 506 g/mol. The van der Waals surface area contributed by atoms with Crippen LogP contribution < -0.4 is 15.5 Å². The molecular formula is C29H41N9O2. The van der Waals surface area contributed by atoms with Crippen LogP contribution in [0.4, 0.5) is 5.82 Å². The Bertz CT molecular complexity index is 1440. The largest absolute Gasteiger partial charge is 0.366 e. The van der Waals surface area contributed by atoms with E-state index in [4.69, 9.17) is 14.8 Å². The normalized spacial score (nSPS) is 28.2. The summed E-state index contributed by atoms with van der Waals surface area (Å²) in [6, 6.07) is 0. The van der Waals surface area contributed by atoms with E-state index in [1.807, 2.05) is 25.6 Å². The molecule has 214 valence electrons. The summed E-state index contributed by atoms with van der Waals surface area (Å²) in [5.41, 5.74) is 6.91. The van der Waals surface area contributed by atoms with Crippen LogP contribution in [-0.4, -0.2) is 73.3 Å². The zero-order valence-corrected chi connectivity index (χ0v) is 24.2. The van der Waals surface area contributed by atoms with Crippen LogP contribution in [0.25, 0.3) is 11.0 Å². The first kappa shape index (κ1) is 25.9. The molecule has 1 saturated heterocycles. The lowest BCUT2D eigenvalue weighted by atomic mass is 9.57. The number of aryl methyl sites for hydroxylation is 4. The molecule has 3 aromatic rings. The maximum atomic E-state index is 12.9. The first-order valence-electron chi connectivity index (χ1n) is 14.9. The lowest BCUT2D eigenvalue weighted by Crippen LogP contribution is -2.60. The van der Waals surface area contributed by atoms with Crippen molar-refractivity contribution >= 4 is 22.8 Å². The zero-order chi connectivity index (χ0) is 27.6. The first-order valence-corrected chi connectivity index (χ1v) is 14.9. The highest BCUT2D eigenvalue weighted by atomic mass is 16.5. The van der Waals surface area contributed by atoms with Crippen molar-refractivity contribution in [1.29, 1.82) is 0 Å². The van der Waals surface area contributed by atoms with Gasteiger partial charge in [-0.15, -0.1) is 0 Å². The second-order valence-corrected chi connectivity index (χ2v) is 12.7. The molecule has 40 heavy (non-hydrogen) atoms. The number of anilines is 1. The predicted molar refractivity (Wildman–Crippen MR) is 151 cm³/mol. The number of rotatable bonds is 5. The van der Waals surface area contributed by atoms with Crippen LogP contribution in [0, 0.1) is 26.2 Å². The third-order valence-corrected chi connectivity index (χ3v) is 10.1. The third-order valence-electron chi connectivity index (χ3n) is 10.1. The standard InChI is InChI=1S/C29H41N9O2/c1-18-21-16-37(26-25-24(31-20(3)32-26)19(2)34-36(25)4)13-5-22(21)38(35-18)17-28-6-9-29(10-7-28,11-8-28)33-27(39)23-15-30-12-14-40-23/h23,30H,5-17H2,1-4H3,(H,33,39)/t23-,28?,29?/m0/s1. The molecule has 0 aromatic carbocycles. The quantitative estimate of drug-likeness (QED) is 0.500. The molecule has 2 aliphatic heterocycles. The van der Waals surface area contributed by atoms with Crippen LogP contribution in [0.15, 0.2) is 0 Å². The Kier molecular flexibility index (Phi) is 6.16. The Morgan fingerprint density at radius 3 is 2.58 bits per heavy atom. The van der Waals surface area contributed by atoms with E-state index < -0.39 is 0 Å². The van der Waals surface area contributed by atoms with E-state index in [-0.39, 0.29) is 23.0 Å². The summed E-state index contributed by atoms with van der Waals surface area (Å²) in [6.45, 7) is 10.8. The number of ether oxygens (including phenoxy) is 1. The third kappa shape index (κ3) is 4.29. The molecule has 0 spiro atoms. The molecule has 2 bridgehead atoms. The summed E-state index contributed by atoms with van der Waals surface area (Å²) >= 11 is 0. The van der Waals surface area contributed by atoms with Gasteiger partial charge in [-0.1, -0.05) is 0 Å². The Morgan fingerprint density at radius 2 is 1.85 bits per heavy atom. The molecule has 1 amide bonds. The number of hydrogen-bond donors (Lipinski definition) is 2. The molecule has 8 rings (SSSR count). The van der Waals surface area contributed by atoms with Crippen LogP contribution in [0.2, 0.25) is 0 Å². The first-order chi connectivity index (χ1) is 19.2. The summed E-state index contributed by atoms with van der Waals surface area (Å²) < 4.78 is 9.95. The van der Waals surface area contributed by atoms with E-state index in [9.17, 15) is 4.79 Å². The Morgan fingerprint density at radius 1 is 1.07 bits per heavy atom. The molecule has 3 saturated carbocycles. The Hall–Kier alpha value is -3.05. The minimum absolute atomic E-state index is 0.0559.